The van der Waals surface area contributed by atoms with Crippen LogP contribution in [0.4, 0.5) is 0 Å². The number of ether oxygens (including phenoxy) is 1. The van der Waals surface area contributed by atoms with Gasteiger partial charge in [-0.2, -0.15) is 0 Å². The monoisotopic (exact) mass is 223 g/mol. The number of methoxy groups -OCH3 is 1. The van der Waals surface area contributed by atoms with E-state index in [2.05, 4.69) is 5.32 Å². The summed E-state index contributed by atoms with van der Waals surface area (Å²) in [6.07, 6.45) is 1.90. The molecule has 0 unspecified atom stereocenters. The zero-order valence-electron chi connectivity index (χ0n) is 9.46. The number of sulfone groups is 1. The van der Waals surface area contributed by atoms with Gasteiger partial charge in [0.15, 0.2) is 0 Å². The van der Waals surface area contributed by atoms with Gasteiger partial charge in [0.1, 0.15) is 9.84 Å². The molecule has 0 heterocycles. The second kappa shape index (κ2) is 5.68. The second-order valence-corrected chi connectivity index (χ2v) is 6.49. The lowest BCUT2D eigenvalue weighted by Crippen LogP contribution is -2.44. The third kappa shape index (κ3) is 8.47. The van der Waals surface area contributed by atoms with Crippen molar-refractivity contribution in [3.05, 3.63) is 0 Å². The van der Waals surface area contributed by atoms with Gasteiger partial charge in [0.25, 0.3) is 0 Å². The van der Waals surface area contributed by atoms with E-state index in [1.165, 1.54) is 6.26 Å². The number of hydrogen-bond donors (Lipinski definition) is 1. The first-order valence-corrected chi connectivity index (χ1v) is 6.74. The topological polar surface area (TPSA) is 55.4 Å². The molecule has 0 aromatic carbocycles. The van der Waals surface area contributed by atoms with Crippen LogP contribution in [0, 0.1) is 0 Å². The van der Waals surface area contributed by atoms with E-state index in [-0.39, 0.29) is 11.3 Å². The summed E-state index contributed by atoms with van der Waals surface area (Å²) in [4.78, 5) is 0. The predicted molar refractivity (Wildman–Crippen MR) is 58.3 cm³/mol. The van der Waals surface area contributed by atoms with Crippen LogP contribution in [-0.2, 0) is 14.6 Å². The average Bonchev–Trinajstić information content (AvgIpc) is 1.96. The van der Waals surface area contributed by atoms with Gasteiger partial charge in [-0.3, -0.25) is 0 Å². The van der Waals surface area contributed by atoms with Crippen molar-refractivity contribution in [1.82, 2.24) is 5.32 Å². The fraction of sp³-hybridized carbons (Fsp3) is 1.00. The lowest BCUT2D eigenvalue weighted by molar-refractivity contribution is 0.129. The van der Waals surface area contributed by atoms with E-state index in [9.17, 15) is 8.42 Å². The molecular formula is C9H21NO3S. The Balaban J connectivity index is 3.64. The predicted octanol–water partition coefficient (Wildman–Crippen LogP) is 0.436. The standard InChI is InChI=1S/C9H21NO3S/c1-9(2,8-13-3)10-6-5-7-14(4,11)12/h10H,5-8H2,1-4H3. The van der Waals surface area contributed by atoms with Crippen LogP contribution < -0.4 is 5.32 Å². The Morgan fingerprint density at radius 3 is 2.36 bits per heavy atom. The first-order chi connectivity index (χ1) is 6.27. The summed E-state index contributed by atoms with van der Waals surface area (Å²) in [5, 5.41) is 3.24. The minimum atomic E-state index is -2.83. The lowest BCUT2D eigenvalue weighted by Gasteiger charge is -2.25. The smallest absolute Gasteiger partial charge is 0.147 e. The number of hydrogen-bond acceptors (Lipinski definition) is 4. The summed E-state index contributed by atoms with van der Waals surface area (Å²) >= 11 is 0. The minimum Gasteiger partial charge on any atom is -0.383 e. The van der Waals surface area contributed by atoms with Crippen molar-refractivity contribution in [3.8, 4) is 0 Å². The molecule has 0 saturated carbocycles. The fourth-order valence-corrected chi connectivity index (χ4v) is 1.84. The van der Waals surface area contributed by atoms with Crippen LogP contribution in [0.2, 0.25) is 0 Å². The highest BCUT2D eigenvalue weighted by molar-refractivity contribution is 7.90. The molecule has 4 nitrogen and oxygen atoms in total. The molecule has 0 spiro atoms. The molecule has 0 fully saturated rings. The molecule has 0 amide bonds. The van der Waals surface area contributed by atoms with Crippen LogP contribution in [0.25, 0.3) is 0 Å². The van der Waals surface area contributed by atoms with Crippen molar-refractivity contribution >= 4 is 9.84 Å². The maximum atomic E-state index is 10.8. The Kier molecular flexibility index (Phi) is 5.63. The van der Waals surface area contributed by atoms with E-state index >= 15 is 0 Å². The highest BCUT2D eigenvalue weighted by Gasteiger charge is 2.15. The molecule has 0 aliphatic rings. The van der Waals surface area contributed by atoms with Crippen molar-refractivity contribution in [2.24, 2.45) is 0 Å². The highest BCUT2D eigenvalue weighted by Crippen LogP contribution is 2.01. The molecule has 0 rings (SSSR count). The van der Waals surface area contributed by atoms with Crippen LogP contribution >= 0.6 is 0 Å². The van der Waals surface area contributed by atoms with Gasteiger partial charge in [0, 0.05) is 18.9 Å². The summed E-state index contributed by atoms with van der Waals surface area (Å²) in [6, 6.07) is 0. The molecule has 0 aromatic rings. The Morgan fingerprint density at radius 2 is 1.93 bits per heavy atom. The molecule has 14 heavy (non-hydrogen) atoms. The van der Waals surface area contributed by atoms with E-state index in [1.54, 1.807) is 7.11 Å². The van der Waals surface area contributed by atoms with Crippen molar-refractivity contribution in [2.45, 2.75) is 25.8 Å². The Bertz CT molecular complexity index is 247. The summed E-state index contributed by atoms with van der Waals surface area (Å²) in [7, 11) is -1.17. The van der Waals surface area contributed by atoms with E-state index < -0.39 is 9.84 Å². The Morgan fingerprint density at radius 1 is 1.36 bits per heavy atom. The van der Waals surface area contributed by atoms with Crippen LogP contribution in [0.1, 0.15) is 20.3 Å². The van der Waals surface area contributed by atoms with Crippen LogP contribution in [0.3, 0.4) is 0 Å². The third-order valence-electron chi connectivity index (χ3n) is 1.80. The van der Waals surface area contributed by atoms with E-state index in [0.29, 0.717) is 19.6 Å². The summed E-state index contributed by atoms with van der Waals surface area (Å²) in [5.41, 5.74) is -0.0910. The first-order valence-electron chi connectivity index (χ1n) is 4.68. The van der Waals surface area contributed by atoms with Crippen LogP contribution in [-0.4, -0.2) is 46.2 Å². The summed E-state index contributed by atoms with van der Waals surface area (Å²) < 4.78 is 26.7. The molecule has 86 valence electrons. The quantitative estimate of drug-likeness (QED) is 0.636. The zero-order chi connectivity index (χ0) is 11.2. The normalized spacial score (nSPS) is 13.1. The van der Waals surface area contributed by atoms with Gasteiger partial charge in [0.2, 0.25) is 0 Å². The second-order valence-electron chi connectivity index (χ2n) is 4.23. The molecule has 0 aromatic heterocycles. The average molecular weight is 223 g/mol. The maximum Gasteiger partial charge on any atom is 0.147 e. The Labute approximate surface area is 86.9 Å². The maximum absolute atomic E-state index is 10.8. The van der Waals surface area contributed by atoms with Gasteiger partial charge >= 0.3 is 0 Å². The number of rotatable bonds is 7. The molecule has 0 radical (unpaired) electrons. The van der Waals surface area contributed by atoms with E-state index in [0.717, 1.165) is 0 Å². The van der Waals surface area contributed by atoms with Crippen molar-refractivity contribution in [2.75, 3.05) is 32.3 Å². The SMILES string of the molecule is COCC(C)(C)NCCCS(C)(=O)=O. The van der Waals surface area contributed by atoms with Gasteiger partial charge in [0.05, 0.1) is 12.4 Å². The van der Waals surface area contributed by atoms with Crippen molar-refractivity contribution < 1.29 is 13.2 Å². The summed E-state index contributed by atoms with van der Waals surface area (Å²) in [6.45, 7) is 5.36. The molecular weight excluding hydrogens is 202 g/mol. The lowest BCUT2D eigenvalue weighted by atomic mass is 10.1. The van der Waals surface area contributed by atoms with Crippen molar-refractivity contribution in [1.29, 1.82) is 0 Å². The molecule has 0 aliphatic heterocycles. The minimum absolute atomic E-state index is 0.0910. The first kappa shape index (κ1) is 13.9. The molecule has 0 aliphatic carbocycles. The van der Waals surface area contributed by atoms with Gasteiger partial charge in [-0.1, -0.05) is 0 Å². The van der Waals surface area contributed by atoms with Gasteiger partial charge in [-0.05, 0) is 26.8 Å². The summed E-state index contributed by atoms with van der Waals surface area (Å²) in [5.74, 6) is 0.239. The molecule has 0 atom stereocenters. The van der Waals surface area contributed by atoms with E-state index in [4.69, 9.17) is 4.74 Å². The number of nitrogens with one attached hydrogen (secondary N) is 1. The van der Waals surface area contributed by atoms with Crippen LogP contribution in [0.15, 0.2) is 0 Å². The highest BCUT2D eigenvalue weighted by atomic mass is 32.2. The molecule has 0 bridgehead atoms. The fourth-order valence-electron chi connectivity index (χ4n) is 1.17. The largest absolute Gasteiger partial charge is 0.383 e. The zero-order valence-corrected chi connectivity index (χ0v) is 10.3. The molecule has 0 saturated heterocycles. The Hall–Kier alpha value is -0.130. The third-order valence-corrected chi connectivity index (χ3v) is 2.83. The molecule has 1 N–H and O–H groups in total. The van der Waals surface area contributed by atoms with Gasteiger partial charge in [-0.25, -0.2) is 8.42 Å². The van der Waals surface area contributed by atoms with Crippen LogP contribution in [0.5, 0.6) is 0 Å². The van der Waals surface area contributed by atoms with E-state index in [1.807, 2.05) is 13.8 Å². The van der Waals surface area contributed by atoms with Gasteiger partial charge in [-0.15, -0.1) is 0 Å². The van der Waals surface area contributed by atoms with Gasteiger partial charge < -0.3 is 10.1 Å². The van der Waals surface area contributed by atoms with Crippen molar-refractivity contribution in [3.63, 3.8) is 0 Å². The molecule has 5 heteroatoms.